The third-order valence-electron chi connectivity index (χ3n) is 4.72. The molecule has 1 saturated heterocycles. The molecule has 3 aromatic rings. The number of hydrogen-bond acceptors (Lipinski definition) is 3. The quantitative estimate of drug-likeness (QED) is 0.705. The lowest BCUT2D eigenvalue weighted by Crippen LogP contribution is -2.39. The number of piperidine rings is 1. The lowest BCUT2D eigenvalue weighted by molar-refractivity contribution is 0.0702. The van der Waals surface area contributed by atoms with Gasteiger partial charge in [0.25, 0.3) is 5.91 Å². The van der Waals surface area contributed by atoms with Gasteiger partial charge >= 0.3 is 0 Å². The van der Waals surface area contributed by atoms with Crippen LogP contribution in [-0.2, 0) is 0 Å². The van der Waals surface area contributed by atoms with Crippen molar-refractivity contribution >= 4 is 23.3 Å². The first-order chi connectivity index (χ1) is 12.1. The van der Waals surface area contributed by atoms with Crippen molar-refractivity contribution in [2.45, 2.75) is 25.7 Å². The van der Waals surface area contributed by atoms with Crippen LogP contribution in [0.5, 0.6) is 0 Å². The summed E-state index contributed by atoms with van der Waals surface area (Å²) in [6.45, 7) is 3.59. The lowest BCUT2D eigenvalue weighted by atomic mass is 9.90. The maximum Gasteiger partial charge on any atom is 0.274 e. The maximum atomic E-state index is 12.9. The molecule has 0 saturated carbocycles. The van der Waals surface area contributed by atoms with Crippen molar-refractivity contribution < 1.29 is 4.79 Å². The van der Waals surface area contributed by atoms with Gasteiger partial charge in [0.2, 0.25) is 5.78 Å². The number of likely N-dealkylation sites (tertiary alicyclic amines) is 1. The van der Waals surface area contributed by atoms with E-state index in [-0.39, 0.29) is 5.91 Å². The molecule has 1 aromatic carbocycles. The van der Waals surface area contributed by atoms with E-state index in [0.717, 1.165) is 25.9 Å². The SMILES string of the molecule is Cc1cccc([C@H]2CCCN(C(=O)c3cn4cc(Cl)cnc4n3)C2)c1. The van der Waals surface area contributed by atoms with Crippen molar-refractivity contribution in [1.29, 1.82) is 0 Å². The Morgan fingerprint density at radius 3 is 3.04 bits per heavy atom. The monoisotopic (exact) mass is 354 g/mol. The first-order valence-electron chi connectivity index (χ1n) is 8.46. The van der Waals surface area contributed by atoms with E-state index in [1.54, 1.807) is 16.8 Å². The summed E-state index contributed by atoms with van der Waals surface area (Å²) in [5.74, 6) is 0.821. The molecule has 2 aromatic heterocycles. The molecular formula is C19H19ClN4O. The van der Waals surface area contributed by atoms with E-state index in [2.05, 4.69) is 41.2 Å². The number of imidazole rings is 1. The zero-order chi connectivity index (χ0) is 17.4. The van der Waals surface area contributed by atoms with Crippen LogP contribution in [0, 0.1) is 6.92 Å². The normalized spacial score (nSPS) is 17.8. The summed E-state index contributed by atoms with van der Waals surface area (Å²) >= 11 is 5.95. The van der Waals surface area contributed by atoms with Crippen LogP contribution in [0.3, 0.4) is 0 Å². The van der Waals surface area contributed by atoms with E-state index in [9.17, 15) is 4.79 Å². The number of halogens is 1. The summed E-state index contributed by atoms with van der Waals surface area (Å²) in [4.78, 5) is 23.3. The van der Waals surface area contributed by atoms with Crippen molar-refractivity contribution in [1.82, 2.24) is 19.3 Å². The Kier molecular flexibility index (Phi) is 4.17. The summed E-state index contributed by atoms with van der Waals surface area (Å²) < 4.78 is 1.69. The second-order valence-electron chi connectivity index (χ2n) is 6.61. The number of carbonyl (C=O) groups is 1. The Morgan fingerprint density at radius 2 is 2.20 bits per heavy atom. The standard InChI is InChI=1S/C19H19ClN4O/c1-13-4-2-5-14(8-13)15-6-3-7-23(10-15)18(25)17-12-24-11-16(20)9-21-19(24)22-17/h2,4-5,8-9,11-12,15H,3,6-7,10H2,1H3/t15-/m0/s1. The molecule has 0 N–H and O–H groups in total. The number of fused-ring (bicyclic) bond motifs is 1. The summed E-state index contributed by atoms with van der Waals surface area (Å²) in [5.41, 5.74) is 2.98. The van der Waals surface area contributed by atoms with Crippen LogP contribution < -0.4 is 0 Å². The summed E-state index contributed by atoms with van der Waals surface area (Å²) in [5, 5.41) is 0.515. The highest BCUT2D eigenvalue weighted by Gasteiger charge is 2.27. The molecule has 1 aliphatic heterocycles. The molecule has 0 spiro atoms. The second kappa shape index (κ2) is 6.48. The smallest absolute Gasteiger partial charge is 0.274 e. The molecule has 1 fully saturated rings. The van der Waals surface area contributed by atoms with Gasteiger partial charge in [0.05, 0.1) is 11.2 Å². The predicted molar refractivity (Wildman–Crippen MR) is 97.1 cm³/mol. The molecule has 4 rings (SSSR count). The molecule has 1 atom stereocenters. The number of nitrogens with zero attached hydrogens (tertiary/aromatic N) is 4. The van der Waals surface area contributed by atoms with Crippen LogP contribution in [0.25, 0.3) is 5.78 Å². The fourth-order valence-corrected chi connectivity index (χ4v) is 3.64. The van der Waals surface area contributed by atoms with Crippen LogP contribution in [0.1, 0.15) is 40.4 Å². The zero-order valence-electron chi connectivity index (χ0n) is 14.0. The average Bonchev–Trinajstić information content (AvgIpc) is 3.04. The van der Waals surface area contributed by atoms with Crippen molar-refractivity contribution in [3.8, 4) is 0 Å². The molecule has 5 nitrogen and oxygen atoms in total. The minimum absolute atomic E-state index is 0.0426. The molecule has 3 heterocycles. The first-order valence-corrected chi connectivity index (χ1v) is 8.84. The first kappa shape index (κ1) is 16.1. The van der Waals surface area contributed by atoms with E-state index in [0.29, 0.717) is 22.4 Å². The Balaban J connectivity index is 1.56. The predicted octanol–water partition coefficient (Wildman–Crippen LogP) is 3.71. The number of carbonyl (C=O) groups excluding carboxylic acids is 1. The molecule has 1 amide bonds. The Bertz CT molecular complexity index is 936. The van der Waals surface area contributed by atoms with Crippen molar-refractivity contribution in [2.24, 2.45) is 0 Å². The van der Waals surface area contributed by atoms with Crippen molar-refractivity contribution in [2.75, 3.05) is 13.1 Å². The highest BCUT2D eigenvalue weighted by molar-refractivity contribution is 6.30. The van der Waals surface area contributed by atoms with Crippen molar-refractivity contribution in [3.63, 3.8) is 0 Å². The van der Waals surface area contributed by atoms with Gasteiger partial charge in [-0.1, -0.05) is 41.4 Å². The molecular weight excluding hydrogens is 336 g/mol. The van der Waals surface area contributed by atoms with Gasteiger partial charge in [-0.25, -0.2) is 9.97 Å². The van der Waals surface area contributed by atoms with Gasteiger partial charge in [-0.15, -0.1) is 0 Å². The lowest BCUT2D eigenvalue weighted by Gasteiger charge is -2.32. The van der Waals surface area contributed by atoms with Crippen LogP contribution in [0.2, 0.25) is 5.02 Å². The van der Waals surface area contributed by atoms with Crippen LogP contribution in [-0.4, -0.2) is 38.3 Å². The van der Waals surface area contributed by atoms with Gasteiger partial charge in [0.1, 0.15) is 5.69 Å². The van der Waals surface area contributed by atoms with E-state index in [4.69, 9.17) is 11.6 Å². The van der Waals surface area contributed by atoms with Crippen molar-refractivity contribution in [3.05, 3.63) is 64.7 Å². The highest BCUT2D eigenvalue weighted by Crippen LogP contribution is 2.28. The Labute approximate surface area is 151 Å². The molecule has 0 unspecified atom stereocenters. The van der Waals surface area contributed by atoms with Crippen LogP contribution in [0.15, 0.2) is 42.9 Å². The van der Waals surface area contributed by atoms with Crippen LogP contribution >= 0.6 is 11.6 Å². The van der Waals surface area contributed by atoms with E-state index >= 15 is 0 Å². The van der Waals surface area contributed by atoms with Gasteiger partial charge in [0, 0.05) is 31.4 Å². The maximum absolute atomic E-state index is 12.9. The minimum atomic E-state index is -0.0426. The third-order valence-corrected chi connectivity index (χ3v) is 4.91. The zero-order valence-corrected chi connectivity index (χ0v) is 14.8. The number of aromatic nitrogens is 3. The molecule has 1 aliphatic rings. The van der Waals surface area contributed by atoms with E-state index in [1.165, 1.54) is 17.3 Å². The molecule has 6 heteroatoms. The summed E-state index contributed by atoms with van der Waals surface area (Å²) in [6, 6.07) is 8.56. The van der Waals surface area contributed by atoms with Gasteiger partial charge < -0.3 is 4.90 Å². The van der Waals surface area contributed by atoms with Crippen LogP contribution in [0.4, 0.5) is 0 Å². The fraction of sp³-hybridized carbons (Fsp3) is 0.316. The molecule has 0 aliphatic carbocycles. The summed E-state index contributed by atoms with van der Waals surface area (Å²) in [7, 11) is 0. The number of aryl methyl sites for hydroxylation is 1. The largest absolute Gasteiger partial charge is 0.337 e. The van der Waals surface area contributed by atoms with Gasteiger partial charge in [-0.3, -0.25) is 9.20 Å². The topological polar surface area (TPSA) is 50.5 Å². The minimum Gasteiger partial charge on any atom is -0.337 e. The molecule has 0 radical (unpaired) electrons. The van der Waals surface area contributed by atoms with E-state index < -0.39 is 0 Å². The fourth-order valence-electron chi connectivity index (χ4n) is 3.48. The second-order valence-corrected chi connectivity index (χ2v) is 7.05. The molecule has 25 heavy (non-hydrogen) atoms. The number of amides is 1. The molecule has 0 bridgehead atoms. The average molecular weight is 355 g/mol. The van der Waals surface area contributed by atoms with Gasteiger partial charge in [-0.2, -0.15) is 0 Å². The Hall–Kier alpha value is -2.40. The van der Waals surface area contributed by atoms with Gasteiger partial charge in [0.15, 0.2) is 0 Å². The van der Waals surface area contributed by atoms with E-state index in [1.807, 2.05) is 4.90 Å². The summed E-state index contributed by atoms with van der Waals surface area (Å²) in [6.07, 6.45) is 7.05. The Morgan fingerprint density at radius 1 is 1.32 bits per heavy atom. The molecule has 128 valence electrons. The number of rotatable bonds is 2. The number of hydrogen-bond donors (Lipinski definition) is 0. The number of benzene rings is 1. The third kappa shape index (κ3) is 3.24. The highest BCUT2D eigenvalue weighted by atomic mass is 35.5. The van der Waals surface area contributed by atoms with Gasteiger partial charge in [-0.05, 0) is 25.3 Å².